The van der Waals surface area contributed by atoms with Crippen LogP contribution in [0.1, 0.15) is 5.56 Å². The summed E-state index contributed by atoms with van der Waals surface area (Å²) in [6.45, 7) is 4.37. The van der Waals surface area contributed by atoms with Gasteiger partial charge >= 0.3 is 0 Å². The molecule has 0 fully saturated rings. The summed E-state index contributed by atoms with van der Waals surface area (Å²) < 4.78 is 0. The monoisotopic (exact) mass is 162 g/mol. The fourth-order valence-corrected chi connectivity index (χ4v) is 2.77. The lowest BCUT2D eigenvalue weighted by Gasteiger charge is -1.95. The third-order valence-electron chi connectivity index (χ3n) is 1.32. The van der Waals surface area contributed by atoms with Crippen LogP contribution in [0, 0.1) is 6.92 Å². The van der Waals surface area contributed by atoms with Crippen LogP contribution < -0.4 is 5.19 Å². The SMILES string of the molecule is C[Si][Si]c1ccc(C)cc1. The van der Waals surface area contributed by atoms with Gasteiger partial charge in [-0.3, -0.25) is 0 Å². The van der Waals surface area contributed by atoms with Crippen molar-refractivity contribution in [2.45, 2.75) is 13.5 Å². The maximum Gasteiger partial charge on any atom is 0.0642 e. The van der Waals surface area contributed by atoms with Crippen molar-refractivity contribution >= 4 is 23.3 Å². The minimum absolute atomic E-state index is 1.01. The Kier molecular flexibility index (Phi) is 2.90. The van der Waals surface area contributed by atoms with E-state index in [9.17, 15) is 0 Å². The maximum atomic E-state index is 2.25. The van der Waals surface area contributed by atoms with Gasteiger partial charge in [0.15, 0.2) is 0 Å². The Labute approximate surface area is 67.1 Å². The lowest BCUT2D eigenvalue weighted by molar-refractivity contribution is 1.49. The van der Waals surface area contributed by atoms with Gasteiger partial charge in [-0.1, -0.05) is 41.6 Å². The quantitative estimate of drug-likeness (QED) is 0.569. The van der Waals surface area contributed by atoms with Crippen molar-refractivity contribution < 1.29 is 0 Å². The normalized spacial score (nSPS) is 9.80. The molecule has 0 N–H and O–H groups in total. The van der Waals surface area contributed by atoms with E-state index < -0.39 is 0 Å². The average molecular weight is 162 g/mol. The second-order valence-corrected chi connectivity index (χ2v) is 5.82. The highest BCUT2D eigenvalue weighted by Crippen LogP contribution is 1.91. The van der Waals surface area contributed by atoms with Gasteiger partial charge in [-0.05, 0) is 6.92 Å². The van der Waals surface area contributed by atoms with E-state index in [1.807, 2.05) is 0 Å². The topological polar surface area (TPSA) is 0 Å². The van der Waals surface area contributed by atoms with Gasteiger partial charge in [-0.2, -0.15) is 0 Å². The molecule has 0 aromatic heterocycles. The second-order valence-electron chi connectivity index (χ2n) is 2.24. The molecule has 1 aromatic carbocycles. The van der Waals surface area contributed by atoms with E-state index >= 15 is 0 Å². The number of rotatable bonds is 2. The number of hydrogen-bond donors (Lipinski definition) is 0. The minimum Gasteiger partial charge on any atom is -0.0755 e. The Morgan fingerprint density at radius 2 is 1.70 bits per heavy atom. The number of aryl methyl sites for hydroxylation is 1. The first-order valence-corrected chi connectivity index (χ1v) is 6.82. The highest BCUT2D eigenvalue weighted by atomic mass is 29.1. The van der Waals surface area contributed by atoms with Crippen molar-refractivity contribution in [1.82, 2.24) is 0 Å². The van der Waals surface area contributed by atoms with Crippen LogP contribution in [-0.4, -0.2) is 18.1 Å². The molecule has 0 aliphatic heterocycles. The van der Waals surface area contributed by atoms with Crippen LogP contribution in [0.5, 0.6) is 0 Å². The van der Waals surface area contributed by atoms with Crippen molar-refractivity contribution in [3.05, 3.63) is 29.8 Å². The van der Waals surface area contributed by atoms with Crippen LogP contribution in [-0.2, 0) is 0 Å². The minimum atomic E-state index is 1.01. The molecule has 50 valence electrons. The van der Waals surface area contributed by atoms with E-state index in [4.69, 9.17) is 0 Å². The average Bonchev–Trinajstić information content (AvgIpc) is 1.95. The molecule has 0 bridgehead atoms. The Balaban J connectivity index is 2.69. The zero-order chi connectivity index (χ0) is 7.40. The zero-order valence-corrected chi connectivity index (χ0v) is 8.31. The maximum absolute atomic E-state index is 2.25. The first kappa shape index (κ1) is 7.76. The molecule has 0 aliphatic rings. The Hall–Kier alpha value is -0.346. The van der Waals surface area contributed by atoms with Gasteiger partial charge in [0, 0.05) is 9.04 Å². The van der Waals surface area contributed by atoms with Gasteiger partial charge in [-0.25, -0.2) is 0 Å². The molecular weight excluding hydrogens is 152 g/mol. The molecular formula is C8H10Si2. The number of hydrogen-bond acceptors (Lipinski definition) is 0. The van der Waals surface area contributed by atoms with Gasteiger partial charge in [0.25, 0.3) is 0 Å². The van der Waals surface area contributed by atoms with Crippen LogP contribution >= 0.6 is 0 Å². The van der Waals surface area contributed by atoms with Crippen LogP contribution in [0.2, 0.25) is 6.55 Å². The number of benzene rings is 1. The third kappa shape index (κ3) is 2.12. The molecule has 0 unspecified atom stereocenters. The molecule has 0 aliphatic carbocycles. The first-order valence-electron chi connectivity index (χ1n) is 3.32. The van der Waals surface area contributed by atoms with Crippen molar-refractivity contribution in [1.29, 1.82) is 0 Å². The van der Waals surface area contributed by atoms with Crippen molar-refractivity contribution in [2.75, 3.05) is 0 Å². The highest BCUT2D eigenvalue weighted by molar-refractivity contribution is 7.06. The molecule has 0 amide bonds. The summed E-state index contributed by atoms with van der Waals surface area (Å²) >= 11 is 0. The smallest absolute Gasteiger partial charge is 0.0642 e. The lowest BCUT2D eigenvalue weighted by Crippen LogP contribution is -2.17. The van der Waals surface area contributed by atoms with Crippen molar-refractivity contribution in [3.8, 4) is 0 Å². The predicted octanol–water partition coefficient (Wildman–Crippen LogP) is 0.992. The first-order chi connectivity index (χ1) is 4.83. The largest absolute Gasteiger partial charge is 0.0755 e. The van der Waals surface area contributed by atoms with Crippen molar-refractivity contribution in [2.24, 2.45) is 0 Å². The van der Waals surface area contributed by atoms with Crippen LogP contribution in [0.15, 0.2) is 24.3 Å². The van der Waals surface area contributed by atoms with E-state index in [0.717, 1.165) is 18.1 Å². The fraction of sp³-hybridized carbons (Fsp3) is 0.250. The van der Waals surface area contributed by atoms with E-state index in [2.05, 4.69) is 37.7 Å². The molecule has 0 spiro atoms. The van der Waals surface area contributed by atoms with Gasteiger partial charge < -0.3 is 0 Å². The summed E-state index contributed by atoms with van der Waals surface area (Å²) in [5.74, 6) is 0. The molecule has 10 heavy (non-hydrogen) atoms. The molecule has 4 radical (unpaired) electrons. The molecule has 1 aromatic rings. The van der Waals surface area contributed by atoms with Gasteiger partial charge in [0.2, 0.25) is 0 Å². The van der Waals surface area contributed by atoms with Gasteiger partial charge in [-0.15, -0.1) is 0 Å². The van der Waals surface area contributed by atoms with Gasteiger partial charge in [0.1, 0.15) is 0 Å². The molecule has 0 saturated carbocycles. The Bertz CT molecular complexity index is 191. The molecule has 0 nitrogen and oxygen atoms in total. The Morgan fingerprint density at radius 1 is 1.10 bits per heavy atom. The summed E-state index contributed by atoms with van der Waals surface area (Å²) in [6.07, 6.45) is 0. The van der Waals surface area contributed by atoms with E-state index in [1.165, 1.54) is 10.8 Å². The summed E-state index contributed by atoms with van der Waals surface area (Å²) in [5.41, 5.74) is 1.35. The Morgan fingerprint density at radius 3 is 2.20 bits per heavy atom. The zero-order valence-electron chi connectivity index (χ0n) is 6.31. The predicted molar refractivity (Wildman–Crippen MR) is 48.2 cm³/mol. The summed E-state index contributed by atoms with van der Waals surface area (Å²) in [4.78, 5) is 0. The molecule has 0 saturated heterocycles. The van der Waals surface area contributed by atoms with Crippen LogP contribution in [0.25, 0.3) is 0 Å². The standard InChI is InChI=1S/C8H10Si2/c1-7-3-5-8(6-4-7)10-9-2/h3-6H,1-2H3. The van der Waals surface area contributed by atoms with E-state index in [-0.39, 0.29) is 0 Å². The summed E-state index contributed by atoms with van der Waals surface area (Å²) in [7, 11) is 2.07. The summed E-state index contributed by atoms with van der Waals surface area (Å²) in [5, 5.41) is 1.49. The van der Waals surface area contributed by atoms with Crippen LogP contribution in [0.3, 0.4) is 0 Å². The molecule has 0 heterocycles. The lowest BCUT2D eigenvalue weighted by atomic mass is 10.2. The summed E-state index contributed by atoms with van der Waals surface area (Å²) in [6, 6.07) is 8.82. The fourth-order valence-electron chi connectivity index (χ4n) is 0.781. The highest BCUT2D eigenvalue weighted by Gasteiger charge is 1.89. The third-order valence-corrected chi connectivity index (χ3v) is 3.81. The van der Waals surface area contributed by atoms with E-state index in [1.54, 1.807) is 0 Å². The second kappa shape index (κ2) is 3.73. The van der Waals surface area contributed by atoms with E-state index in [0.29, 0.717) is 0 Å². The van der Waals surface area contributed by atoms with Crippen molar-refractivity contribution in [3.63, 3.8) is 0 Å². The molecule has 1 rings (SSSR count). The van der Waals surface area contributed by atoms with Crippen LogP contribution in [0.4, 0.5) is 0 Å². The molecule has 0 atom stereocenters. The van der Waals surface area contributed by atoms with Gasteiger partial charge in [0.05, 0.1) is 9.04 Å². The molecule has 2 heteroatoms.